The van der Waals surface area contributed by atoms with Crippen LogP contribution in [0.1, 0.15) is 25.0 Å². The number of unbranched alkanes of at least 4 members (excludes halogenated alkanes) is 1. The molecule has 1 amide bonds. The van der Waals surface area contributed by atoms with Crippen LogP contribution < -0.4 is 11.1 Å². The van der Waals surface area contributed by atoms with E-state index in [2.05, 4.69) is 26.2 Å². The molecule has 0 bridgehead atoms. The number of nitrogens with two attached hydrogens (primary N) is 1. The van der Waals surface area contributed by atoms with E-state index in [4.69, 9.17) is 5.73 Å². The minimum atomic E-state index is -0.227. The average Bonchev–Trinajstić information content (AvgIpc) is 2.25. The Kier molecular flexibility index (Phi) is 6.03. The van der Waals surface area contributed by atoms with Crippen molar-refractivity contribution in [3.63, 3.8) is 0 Å². The van der Waals surface area contributed by atoms with Crippen LogP contribution in [-0.2, 0) is 11.3 Å². The van der Waals surface area contributed by atoms with Crippen LogP contribution in [0.15, 0.2) is 22.8 Å². The fraction of sp³-hybridized carbons (Fsp3) is 0.455. The Labute approximate surface area is 104 Å². The average molecular weight is 286 g/mol. The zero-order valence-electron chi connectivity index (χ0n) is 9.08. The maximum Gasteiger partial charge on any atom is 0.217 e. The molecule has 4 nitrogen and oxygen atoms in total. The number of pyridine rings is 1. The minimum absolute atomic E-state index is 0.227. The summed E-state index contributed by atoms with van der Waals surface area (Å²) in [6.07, 6.45) is 4.05. The highest BCUT2D eigenvalue weighted by Gasteiger charge is 1.96. The Morgan fingerprint density at radius 3 is 2.88 bits per heavy atom. The molecule has 5 heteroatoms. The lowest BCUT2D eigenvalue weighted by Crippen LogP contribution is -2.16. The van der Waals surface area contributed by atoms with Gasteiger partial charge in [0.05, 0.1) is 5.69 Å². The van der Waals surface area contributed by atoms with Crippen LogP contribution in [0.2, 0.25) is 0 Å². The summed E-state index contributed by atoms with van der Waals surface area (Å²) >= 11 is 3.33. The molecule has 0 aliphatic carbocycles. The van der Waals surface area contributed by atoms with E-state index in [9.17, 15) is 4.79 Å². The highest BCUT2D eigenvalue weighted by atomic mass is 79.9. The fourth-order valence-corrected chi connectivity index (χ4v) is 1.51. The van der Waals surface area contributed by atoms with Gasteiger partial charge in [0.25, 0.3) is 0 Å². The van der Waals surface area contributed by atoms with Crippen molar-refractivity contribution in [2.75, 3.05) is 6.54 Å². The molecule has 1 aromatic heterocycles. The fourth-order valence-electron chi connectivity index (χ4n) is 1.28. The van der Waals surface area contributed by atoms with Crippen molar-refractivity contribution in [1.82, 2.24) is 10.3 Å². The first-order valence-electron chi connectivity index (χ1n) is 5.28. The minimum Gasteiger partial charge on any atom is -0.370 e. The van der Waals surface area contributed by atoms with Crippen LogP contribution in [0.4, 0.5) is 0 Å². The highest BCUT2D eigenvalue weighted by Crippen LogP contribution is 2.07. The van der Waals surface area contributed by atoms with E-state index in [0.717, 1.165) is 36.1 Å². The number of nitrogens with zero attached hydrogens (tertiary/aromatic N) is 1. The summed E-state index contributed by atoms with van der Waals surface area (Å²) in [6.45, 7) is 1.63. The number of amides is 1. The molecule has 0 spiro atoms. The van der Waals surface area contributed by atoms with Crippen LogP contribution in [0.25, 0.3) is 0 Å². The van der Waals surface area contributed by atoms with E-state index in [-0.39, 0.29) is 5.91 Å². The van der Waals surface area contributed by atoms with Crippen molar-refractivity contribution in [3.8, 4) is 0 Å². The first-order valence-corrected chi connectivity index (χ1v) is 6.07. The van der Waals surface area contributed by atoms with E-state index in [1.807, 2.05) is 12.1 Å². The SMILES string of the molecule is NC(=O)CCCCNCc1ccc(Br)cn1. The van der Waals surface area contributed by atoms with Crippen molar-refractivity contribution in [2.45, 2.75) is 25.8 Å². The van der Waals surface area contributed by atoms with Crippen LogP contribution in [0, 0.1) is 0 Å². The first kappa shape index (κ1) is 13.1. The molecule has 0 aliphatic heterocycles. The molecule has 0 aliphatic rings. The molecule has 0 atom stereocenters. The number of nitrogens with one attached hydrogen (secondary N) is 1. The number of hydrogen-bond donors (Lipinski definition) is 2. The molecule has 1 heterocycles. The maximum absolute atomic E-state index is 10.5. The number of aromatic nitrogens is 1. The number of carbonyl (C=O) groups is 1. The smallest absolute Gasteiger partial charge is 0.217 e. The van der Waals surface area contributed by atoms with Crippen molar-refractivity contribution >= 4 is 21.8 Å². The predicted molar refractivity (Wildman–Crippen MR) is 66.7 cm³/mol. The number of carbonyl (C=O) groups excluding carboxylic acids is 1. The lowest BCUT2D eigenvalue weighted by atomic mass is 10.2. The number of hydrogen-bond acceptors (Lipinski definition) is 3. The summed E-state index contributed by atoms with van der Waals surface area (Å²) in [4.78, 5) is 14.7. The van der Waals surface area contributed by atoms with Crippen LogP contribution in [0.3, 0.4) is 0 Å². The summed E-state index contributed by atoms with van der Waals surface area (Å²) < 4.78 is 0.984. The van der Waals surface area contributed by atoms with E-state index in [1.54, 1.807) is 6.20 Å². The van der Waals surface area contributed by atoms with Gasteiger partial charge < -0.3 is 11.1 Å². The maximum atomic E-state index is 10.5. The Hall–Kier alpha value is -0.940. The molecule has 0 aromatic carbocycles. The Morgan fingerprint density at radius 1 is 1.44 bits per heavy atom. The Bertz CT molecular complexity index is 327. The molecule has 1 aromatic rings. The third kappa shape index (κ3) is 5.82. The summed E-state index contributed by atoms with van der Waals surface area (Å²) in [5.41, 5.74) is 6.05. The quantitative estimate of drug-likeness (QED) is 0.748. The molecule has 0 radical (unpaired) electrons. The van der Waals surface area contributed by atoms with Gasteiger partial charge in [0.15, 0.2) is 0 Å². The zero-order valence-corrected chi connectivity index (χ0v) is 10.7. The normalized spacial score (nSPS) is 10.3. The monoisotopic (exact) mass is 285 g/mol. The lowest BCUT2D eigenvalue weighted by molar-refractivity contribution is -0.118. The van der Waals surface area contributed by atoms with Crippen molar-refractivity contribution in [1.29, 1.82) is 0 Å². The third-order valence-electron chi connectivity index (χ3n) is 2.12. The zero-order chi connectivity index (χ0) is 11.8. The lowest BCUT2D eigenvalue weighted by Gasteiger charge is -2.03. The van der Waals surface area contributed by atoms with Gasteiger partial charge in [-0.3, -0.25) is 9.78 Å². The summed E-state index contributed by atoms with van der Waals surface area (Å²) in [6, 6.07) is 3.94. The third-order valence-corrected chi connectivity index (χ3v) is 2.59. The Morgan fingerprint density at radius 2 is 2.25 bits per heavy atom. The molecule has 3 N–H and O–H groups in total. The number of halogens is 1. The van der Waals surface area contributed by atoms with Gasteiger partial charge in [-0.05, 0) is 47.4 Å². The van der Waals surface area contributed by atoms with Crippen molar-refractivity contribution < 1.29 is 4.79 Å². The second kappa shape index (κ2) is 7.35. The Balaban J connectivity index is 2.07. The molecule has 1 rings (SSSR count). The van der Waals surface area contributed by atoms with E-state index in [1.165, 1.54) is 0 Å². The molecule has 16 heavy (non-hydrogen) atoms. The second-order valence-electron chi connectivity index (χ2n) is 3.57. The molecule has 88 valence electrons. The topological polar surface area (TPSA) is 68.0 Å². The second-order valence-corrected chi connectivity index (χ2v) is 4.48. The van der Waals surface area contributed by atoms with Gasteiger partial charge in [-0.1, -0.05) is 0 Å². The molecule has 0 unspecified atom stereocenters. The van der Waals surface area contributed by atoms with E-state index < -0.39 is 0 Å². The summed E-state index contributed by atoms with van der Waals surface area (Å²) in [5, 5.41) is 3.26. The molecular formula is C11H16BrN3O. The summed E-state index contributed by atoms with van der Waals surface area (Å²) in [7, 11) is 0. The molecule has 0 saturated heterocycles. The highest BCUT2D eigenvalue weighted by molar-refractivity contribution is 9.10. The molecule has 0 saturated carbocycles. The van der Waals surface area contributed by atoms with Gasteiger partial charge in [0.2, 0.25) is 5.91 Å². The predicted octanol–water partition coefficient (Wildman–Crippen LogP) is 1.59. The van der Waals surface area contributed by atoms with Gasteiger partial charge >= 0.3 is 0 Å². The van der Waals surface area contributed by atoms with Crippen LogP contribution >= 0.6 is 15.9 Å². The summed E-state index contributed by atoms with van der Waals surface area (Å²) in [5.74, 6) is -0.227. The van der Waals surface area contributed by atoms with Crippen molar-refractivity contribution in [2.24, 2.45) is 5.73 Å². The van der Waals surface area contributed by atoms with Crippen LogP contribution in [-0.4, -0.2) is 17.4 Å². The van der Waals surface area contributed by atoms with Crippen LogP contribution in [0.5, 0.6) is 0 Å². The van der Waals surface area contributed by atoms with Gasteiger partial charge in [-0.2, -0.15) is 0 Å². The van der Waals surface area contributed by atoms with E-state index in [0.29, 0.717) is 6.42 Å². The largest absolute Gasteiger partial charge is 0.370 e. The van der Waals surface area contributed by atoms with E-state index >= 15 is 0 Å². The first-order chi connectivity index (χ1) is 7.68. The van der Waals surface area contributed by atoms with Gasteiger partial charge in [0.1, 0.15) is 0 Å². The molecule has 0 fully saturated rings. The van der Waals surface area contributed by atoms with Gasteiger partial charge in [-0.25, -0.2) is 0 Å². The number of primary amides is 1. The van der Waals surface area contributed by atoms with Gasteiger partial charge in [-0.15, -0.1) is 0 Å². The van der Waals surface area contributed by atoms with Crippen molar-refractivity contribution in [3.05, 3.63) is 28.5 Å². The van der Waals surface area contributed by atoms with Gasteiger partial charge in [0, 0.05) is 23.6 Å². The number of rotatable bonds is 7. The standard InChI is InChI=1S/C11H16BrN3O/c12-9-4-5-10(15-7-9)8-14-6-2-1-3-11(13)16/h4-5,7,14H,1-3,6,8H2,(H2,13,16). The molecular weight excluding hydrogens is 270 g/mol.